The number of nitrogens with one attached hydrogen (secondary N) is 1. The number of carbonyl (C=O) groups excluding carboxylic acids is 1. The van der Waals surface area contributed by atoms with E-state index in [9.17, 15) is 4.79 Å². The number of thiophene rings is 1. The second-order valence-electron chi connectivity index (χ2n) is 6.89. The molecule has 7 heteroatoms. The normalized spacial score (nSPS) is 15.7. The number of amides is 1. The number of nitrogens with zero attached hydrogens (tertiary/aromatic N) is 1. The first kappa shape index (κ1) is 21.6. The minimum Gasteiger partial charge on any atom is -0.493 e. The number of ether oxygens (including phenoxy) is 3. The molecule has 6 nitrogen and oxygen atoms in total. The van der Waals surface area contributed by atoms with Crippen LogP contribution in [0.3, 0.4) is 0 Å². The molecule has 1 N–H and O–H groups in total. The van der Waals surface area contributed by atoms with E-state index in [4.69, 9.17) is 14.2 Å². The summed E-state index contributed by atoms with van der Waals surface area (Å²) in [5.74, 6) is 1.53. The standard InChI is InChI=1S/C22H30N2O4S/c1-3-28-20-8-6-17(15-21(20)26-2)19(24-10-12-27-13-11-24)16-23-22(25)9-7-18-5-4-14-29-18/h4-6,8,14-15,19H,3,7,9-13,16H2,1-2H3,(H,23,25). The third kappa shape index (κ3) is 6.19. The van der Waals surface area contributed by atoms with Crippen LogP contribution in [0.1, 0.15) is 29.8 Å². The lowest BCUT2D eigenvalue weighted by Gasteiger charge is -2.35. The summed E-state index contributed by atoms with van der Waals surface area (Å²) in [7, 11) is 1.65. The van der Waals surface area contributed by atoms with E-state index in [1.807, 2.05) is 30.5 Å². The predicted octanol–water partition coefficient (Wildman–Crippen LogP) is 3.28. The topological polar surface area (TPSA) is 60.0 Å². The maximum absolute atomic E-state index is 12.4. The van der Waals surface area contributed by atoms with Gasteiger partial charge in [0.15, 0.2) is 11.5 Å². The third-order valence-electron chi connectivity index (χ3n) is 5.03. The van der Waals surface area contributed by atoms with E-state index in [2.05, 4.69) is 22.3 Å². The lowest BCUT2D eigenvalue weighted by atomic mass is 10.0. The second-order valence-corrected chi connectivity index (χ2v) is 7.92. The van der Waals surface area contributed by atoms with Crippen molar-refractivity contribution >= 4 is 17.2 Å². The molecule has 3 rings (SSSR count). The van der Waals surface area contributed by atoms with Crippen LogP contribution in [0, 0.1) is 0 Å². The largest absolute Gasteiger partial charge is 0.493 e. The van der Waals surface area contributed by atoms with E-state index in [0.717, 1.165) is 30.8 Å². The SMILES string of the molecule is CCOc1ccc(C(CNC(=O)CCc2cccs2)N2CCOCC2)cc1OC. The molecule has 0 saturated carbocycles. The molecule has 1 amide bonds. The Balaban J connectivity index is 1.68. The fraction of sp³-hybridized carbons (Fsp3) is 0.500. The summed E-state index contributed by atoms with van der Waals surface area (Å²) in [6.07, 6.45) is 1.28. The van der Waals surface area contributed by atoms with Gasteiger partial charge in [-0.25, -0.2) is 0 Å². The molecule has 1 atom stereocenters. The molecule has 1 saturated heterocycles. The summed E-state index contributed by atoms with van der Waals surface area (Å²) in [6, 6.07) is 10.2. The highest BCUT2D eigenvalue weighted by molar-refractivity contribution is 7.09. The Labute approximate surface area is 176 Å². The Bertz CT molecular complexity index is 760. The van der Waals surface area contributed by atoms with Crippen molar-refractivity contribution in [2.75, 3.05) is 46.6 Å². The molecular weight excluding hydrogens is 388 g/mol. The molecule has 1 unspecified atom stereocenters. The molecule has 1 fully saturated rings. The Morgan fingerprint density at radius 1 is 1.28 bits per heavy atom. The van der Waals surface area contributed by atoms with E-state index < -0.39 is 0 Å². The number of carbonyl (C=O) groups is 1. The molecule has 0 aliphatic carbocycles. The predicted molar refractivity (Wildman–Crippen MR) is 115 cm³/mol. The molecule has 29 heavy (non-hydrogen) atoms. The number of hydrogen-bond acceptors (Lipinski definition) is 6. The molecule has 1 aromatic heterocycles. The average Bonchev–Trinajstić information content (AvgIpc) is 3.28. The van der Waals surface area contributed by atoms with Crippen LogP contribution >= 0.6 is 11.3 Å². The van der Waals surface area contributed by atoms with E-state index in [-0.39, 0.29) is 11.9 Å². The van der Waals surface area contributed by atoms with Gasteiger partial charge in [0.2, 0.25) is 5.91 Å². The summed E-state index contributed by atoms with van der Waals surface area (Å²) in [5, 5.41) is 5.17. The summed E-state index contributed by atoms with van der Waals surface area (Å²) in [4.78, 5) is 16.0. The van der Waals surface area contributed by atoms with Gasteiger partial charge < -0.3 is 19.5 Å². The molecule has 1 aromatic carbocycles. The molecule has 2 heterocycles. The highest BCUT2D eigenvalue weighted by atomic mass is 32.1. The molecular formula is C22H30N2O4S. The first-order valence-corrected chi connectivity index (χ1v) is 11.0. The van der Waals surface area contributed by atoms with Crippen LogP contribution in [0.5, 0.6) is 11.5 Å². The summed E-state index contributed by atoms with van der Waals surface area (Å²) in [5.41, 5.74) is 1.10. The van der Waals surface area contributed by atoms with Crippen molar-refractivity contribution in [2.45, 2.75) is 25.8 Å². The van der Waals surface area contributed by atoms with E-state index >= 15 is 0 Å². The van der Waals surface area contributed by atoms with Crippen molar-refractivity contribution in [3.05, 3.63) is 46.2 Å². The number of methoxy groups -OCH3 is 1. The zero-order valence-electron chi connectivity index (χ0n) is 17.2. The van der Waals surface area contributed by atoms with Gasteiger partial charge in [-0.3, -0.25) is 9.69 Å². The third-order valence-corrected chi connectivity index (χ3v) is 5.97. The van der Waals surface area contributed by atoms with Crippen LogP contribution in [-0.4, -0.2) is 57.4 Å². The first-order chi connectivity index (χ1) is 14.2. The first-order valence-electron chi connectivity index (χ1n) is 10.1. The van der Waals surface area contributed by atoms with Crippen LogP contribution in [0.4, 0.5) is 0 Å². The number of hydrogen-bond donors (Lipinski definition) is 1. The number of benzene rings is 1. The van der Waals surface area contributed by atoms with Crippen molar-refractivity contribution in [3.63, 3.8) is 0 Å². The zero-order chi connectivity index (χ0) is 20.5. The number of morpholine rings is 1. The van der Waals surface area contributed by atoms with Crippen molar-refractivity contribution < 1.29 is 19.0 Å². The van der Waals surface area contributed by atoms with Crippen LogP contribution < -0.4 is 14.8 Å². The van der Waals surface area contributed by atoms with E-state index in [1.165, 1.54) is 4.88 Å². The Kier molecular flexibility index (Phi) is 8.34. The molecule has 1 aliphatic rings. The van der Waals surface area contributed by atoms with Crippen molar-refractivity contribution in [1.29, 1.82) is 0 Å². The van der Waals surface area contributed by atoms with E-state index in [1.54, 1.807) is 18.4 Å². The minimum absolute atomic E-state index is 0.0640. The second kappa shape index (κ2) is 11.2. The van der Waals surface area contributed by atoms with Gasteiger partial charge in [-0.05, 0) is 42.5 Å². The number of rotatable bonds is 10. The number of aryl methyl sites for hydroxylation is 1. The van der Waals surface area contributed by atoms with Crippen molar-refractivity contribution in [3.8, 4) is 11.5 Å². The summed E-state index contributed by atoms with van der Waals surface area (Å²) < 4.78 is 16.7. The highest BCUT2D eigenvalue weighted by Gasteiger charge is 2.24. The monoisotopic (exact) mass is 418 g/mol. The Hall–Kier alpha value is -2.09. The Morgan fingerprint density at radius 2 is 2.10 bits per heavy atom. The van der Waals surface area contributed by atoms with Crippen LogP contribution in [0.25, 0.3) is 0 Å². The molecule has 0 bridgehead atoms. The van der Waals surface area contributed by atoms with Gasteiger partial charge in [-0.2, -0.15) is 0 Å². The Morgan fingerprint density at radius 3 is 2.79 bits per heavy atom. The van der Waals surface area contributed by atoms with Gasteiger partial charge in [0.25, 0.3) is 0 Å². The minimum atomic E-state index is 0.0640. The summed E-state index contributed by atoms with van der Waals surface area (Å²) in [6.45, 7) is 6.18. The van der Waals surface area contributed by atoms with Gasteiger partial charge >= 0.3 is 0 Å². The fourth-order valence-corrected chi connectivity index (χ4v) is 4.21. The van der Waals surface area contributed by atoms with E-state index in [0.29, 0.717) is 38.5 Å². The smallest absolute Gasteiger partial charge is 0.220 e. The quantitative estimate of drug-likeness (QED) is 0.642. The van der Waals surface area contributed by atoms with Crippen LogP contribution in [0.2, 0.25) is 0 Å². The summed E-state index contributed by atoms with van der Waals surface area (Å²) >= 11 is 1.69. The maximum Gasteiger partial charge on any atom is 0.220 e. The van der Waals surface area contributed by atoms with Crippen LogP contribution in [0.15, 0.2) is 35.7 Å². The molecule has 0 spiro atoms. The fourth-order valence-electron chi connectivity index (χ4n) is 3.50. The molecule has 2 aromatic rings. The average molecular weight is 419 g/mol. The van der Waals surface area contributed by atoms with Gasteiger partial charge in [-0.1, -0.05) is 12.1 Å². The van der Waals surface area contributed by atoms with Gasteiger partial charge in [0.1, 0.15) is 0 Å². The zero-order valence-corrected chi connectivity index (χ0v) is 18.0. The van der Waals surface area contributed by atoms with Gasteiger partial charge in [0, 0.05) is 30.9 Å². The highest BCUT2D eigenvalue weighted by Crippen LogP contribution is 2.32. The maximum atomic E-state index is 12.4. The van der Waals surface area contributed by atoms with Crippen LogP contribution in [-0.2, 0) is 16.0 Å². The molecule has 0 radical (unpaired) electrons. The molecule has 1 aliphatic heterocycles. The van der Waals surface area contributed by atoms with Crippen molar-refractivity contribution in [1.82, 2.24) is 10.2 Å². The lowest BCUT2D eigenvalue weighted by Crippen LogP contribution is -2.43. The van der Waals surface area contributed by atoms with Gasteiger partial charge in [0.05, 0.1) is 33.0 Å². The lowest BCUT2D eigenvalue weighted by molar-refractivity contribution is -0.121. The van der Waals surface area contributed by atoms with Crippen molar-refractivity contribution in [2.24, 2.45) is 0 Å². The molecule has 158 valence electrons. The van der Waals surface area contributed by atoms with Gasteiger partial charge in [-0.15, -0.1) is 11.3 Å².